The zero-order chi connectivity index (χ0) is 14.9. The number of pyridine rings is 1. The van der Waals surface area contributed by atoms with Crippen LogP contribution in [0.1, 0.15) is 16.1 Å². The molecule has 3 nitrogen and oxygen atoms in total. The maximum Gasteiger partial charge on any atom is 0.275 e. The van der Waals surface area contributed by atoms with Gasteiger partial charge in [-0.15, -0.1) is 0 Å². The summed E-state index contributed by atoms with van der Waals surface area (Å²) < 4.78 is 0. The predicted octanol–water partition coefficient (Wildman–Crippen LogP) is 5.26. The smallest absolute Gasteiger partial charge is 0.275 e. The number of halogens is 4. The first-order chi connectivity index (χ1) is 9.40. The largest absolute Gasteiger partial charge is 0.320 e. The summed E-state index contributed by atoms with van der Waals surface area (Å²) >= 11 is 23.5. The van der Waals surface area contributed by atoms with E-state index in [0.717, 1.165) is 5.56 Å². The van der Waals surface area contributed by atoms with Crippen molar-refractivity contribution >= 4 is 58.0 Å². The highest BCUT2D eigenvalue weighted by Crippen LogP contribution is 2.31. The summed E-state index contributed by atoms with van der Waals surface area (Å²) in [6.45, 7) is 1.82. The Morgan fingerprint density at radius 2 is 1.85 bits per heavy atom. The number of rotatable bonds is 2. The summed E-state index contributed by atoms with van der Waals surface area (Å²) in [5, 5.41) is 3.59. The van der Waals surface area contributed by atoms with E-state index in [2.05, 4.69) is 10.3 Å². The summed E-state index contributed by atoms with van der Waals surface area (Å²) in [6, 6.07) is 5.11. The zero-order valence-corrected chi connectivity index (χ0v) is 13.2. The van der Waals surface area contributed by atoms with Crippen LogP contribution in [0.4, 0.5) is 5.69 Å². The number of nitrogens with one attached hydrogen (secondary N) is 1. The van der Waals surface area contributed by atoms with E-state index in [0.29, 0.717) is 10.7 Å². The number of hydrogen-bond acceptors (Lipinski definition) is 2. The van der Waals surface area contributed by atoms with Gasteiger partial charge in [-0.3, -0.25) is 4.79 Å². The maximum absolute atomic E-state index is 12.1. The molecule has 0 saturated carbocycles. The van der Waals surface area contributed by atoms with Crippen LogP contribution >= 0.6 is 46.4 Å². The van der Waals surface area contributed by atoms with Crippen molar-refractivity contribution in [2.75, 3.05) is 5.32 Å². The van der Waals surface area contributed by atoms with Crippen molar-refractivity contribution in [3.8, 4) is 0 Å². The van der Waals surface area contributed by atoms with Gasteiger partial charge < -0.3 is 5.32 Å². The van der Waals surface area contributed by atoms with Crippen molar-refractivity contribution in [1.29, 1.82) is 0 Å². The topological polar surface area (TPSA) is 42.0 Å². The van der Waals surface area contributed by atoms with Gasteiger partial charge in [-0.2, -0.15) is 0 Å². The van der Waals surface area contributed by atoms with Crippen molar-refractivity contribution < 1.29 is 4.79 Å². The molecule has 0 aliphatic carbocycles. The van der Waals surface area contributed by atoms with Crippen molar-refractivity contribution in [3.05, 3.63) is 55.7 Å². The van der Waals surface area contributed by atoms with Gasteiger partial charge in [0.1, 0.15) is 5.69 Å². The predicted molar refractivity (Wildman–Crippen MR) is 83.4 cm³/mol. The fourth-order valence-electron chi connectivity index (χ4n) is 1.55. The van der Waals surface area contributed by atoms with Crippen LogP contribution in [-0.2, 0) is 0 Å². The maximum atomic E-state index is 12.1. The standard InChI is InChI=1S/C13H8Cl4N2O/c1-6-4-7(14)2-3-9(6)19-13(20)12-11(17)10(16)8(15)5-18-12/h2-5H,1H3,(H,19,20). The highest BCUT2D eigenvalue weighted by atomic mass is 35.5. The van der Waals surface area contributed by atoms with Crippen LogP contribution < -0.4 is 5.32 Å². The van der Waals surface area contributed by atoms with Gasteiger partial charge in [-0.05, 0) is 30.7 Å². The lowest BCUT2D eigenvalue weighted by atomic mass is 10.2. The summed E-state index contributed by atoms with van der Waals surface area (Å²) in [4.78, 5) is 16.0. The number of carbonyl (C=O) groups excluding carboxylic acids is 1. The van der Waals surface area contributed by atoms with E-state index in [1.54, 1.807) is 18.2 Å². The molecule has 1 aromatic heterocycles. The lowest BCUT2D eigenvalue weighted by Gasteiger charge is -2.10. The minimum absolute atomic E-state index is 0.00965. The van der Waals surface area contributed by atoms with E-state index in [-0.39, 0.29) is 20.8 Å². The van der Waals surface area contributed by atoms with E-state index in [9.17, 15) is 4.79 Å². The van der Waals surface area contributed by atoms with Crippen molar-refractivity contribution in [1.82, 2.24) is 4.98 Å². The molecule has 0 fully saturated rings. The third kappa shape index (κ3) is 3.18. The Kier molecular flexibility index (Phi) is 4.76. The molecule has 0 saturated heterocycles. The van der Waals surface area contributed by atoms with Gasteiger partial charge in [0, 0.05) is 16.9 Å². The lowest BCUT2D eigenvalue weighted by Crippen LogP contribution is -2.15. The van der Waals surface area contributed by atoms with Gasteiger partial charge in [-0.25, -0.2) is 4.98 Å². The van der Waals surface area contributed by atoms with Gasteiger partial charge >= 0.3 is 0 Å². The zero-order valence-electron chi connectivity index (χ0n) is 10.2. The van der Waals surface area contributed by atoms with E-state index in [4.69, 9.17) is 46.4 Å². The van der Waals surface area contributed by atoms with Crippen molar-refractivity contribution in [2.24, 2.45) is 0 Å². The molecular weight excluding hydrogens is 342 g/mol. The molecule has 0 radical (unpaired) electrons. The molecule has 0 aliphatic heterocycles. The van der Waals surface area contributed by atoms with Crippen LogP contribution in [0.5, 0.6) is 0 Å². The first kappa shape index (κ1) is 15.4. The fourth-order valence-corrected chi connectivity index (χ4v) is 2.34. The summed E-state index contributed by atoms with van der Waals surface area (Å²) in [5.41, 5.74) is 1.45. The molecule has 0 bridgehead atoms. The first-order valence-electron chi connectivity index (χ1n) is 5.47. The summed E-state index contributed by atoms with van der Waals surface area (Å²) in [7, 11) is 0. The van der Waals surface area contributed by atoms with Crippen LogP contribution in [0.3, 0.4) is 0 Å². The fraction of sp³-hybridized carbons (Fsp3) is 0.0769. The molecule has 7 heteroatoms. The number of benzene rings is 1. The molecule has 0 aliphatic rings. The molecule has 0 unspecified atom stereocenters. The second-order valence-electron chi connectivity index (χ2n) is 4.00. The first-order valence-corrected chi connectivity index (χ1v) is 6.98. The Bertz CT molecular complexity index is 688. The monoisotopic (exact) mass is 348 g/mol. The molecule has 0 spiro atoms. The highest BCUT2D eigenvalue weighted by Gasteiger charge is 2.17. The second kappa shape index (κ2) is 6.19. The van der Waals surface area contributed by atoms with Gasteiger partial charge in [0.2, 0.25) is 0 Å². The van der Waals surface area contributed by atoms with Crippen molar-refractivity contribution in [2.45, 2.75) is 6.92 Å². The highest BCUT2D eigenvalue weighted by molar-refractivity contribution is 6.49. The Hall–Kier alpha value is -1.000. The van der Waals surface area contributed by atoms with Crippen LogP contribution in [0.2, 0.25) is 20.1 Å². The van der Waals surface area contributed by atoms with Crippen LogP contribution in [0.25, 0.3) is 0 Å². The number of amides is 1. The molecule has 2 rings (SSSR count). The van der Waals surface area contributed by atoms with Crippen molar-refractivity contribution in [3.63, 3.8) is 0 Å². The Labute approximate surface area is 135 Å². The number of aryl methyl sites for hydroxylation is 1. The van der Waals surface area contributed by atoms with Crippen LogP contribution in [0, 0.1) is 6.92 Å². The molecule has 1 heterocycles. The van der Waals surface area contributed by atoms with E-state index in [1.165, 1.54) is 6.20 Å². The Morgan fingerprint density at radius 1 is 1.15 bits per heavy atom. The second-order valence-corrected chi connectivity index (χ2v) is 5.60. The minimum Gasteiger partial charge on any atom is -0.320 e. The average molecular weight is 350 g/mol. The van der Waals surface area contributed by atoms with E-state index < -0.39 is 5.91 Å². The number of hydrogen-bond donors (Lipinski definition) is 1. The average Bonchev–Trinajstić information content (AvgIpc) is 2.39. The van der Waals surface area contributed by atoms with Gasteiger partial charge in [0.15, 0.2) is 0 Å². The molecule has 0 atom stereocenters. The lowest BCUT2D eigenvalue weighted by molar-refractivity contribution is 0.102. The SMILES string of the molecule is Cc1cc(Cl)ccc1NC(=O)c1ncc(Cl)c(Cl)c1Cl. The Morgan fingerprint density at radius 3 is 2.50 bits per heavy atom. The number of nitrogens with zero attached hydrogens (tertiary/aromatic N) is 1. The molecular formula is C13H8Cl4N2O. The Balaban J connectivity index is 2.31. The molecule has 104 valence electrons. The van der Waals surface area contributed by atoms with E-state index >= 15 is 0 Å². The quantitative estimate of drug-likeness (QED) is 0.803. The molecule has 1 amide bonds. The summed E-state index contributed by atoms with van der Waals surface area (Å²) in [6.07, 6.45) is 1.28. The third-order valence-electron chi connectivity index (χ3n) is 2.57. The van der Waals surface area contributed by atoms with Gasteiger partial charge in [0.25, 0.3) is 5.91 Å². The number of carbonyl (C=O) groups is 1. The minimum atomic E-state index is -0.473. The van der Waals surface area contributed by atoms with Crippen LogP contribution in [0.15, 0.2) is 24.4 Å². The molecule has 20 heavy (non-hydrogen) atoms. The molecule has 1 N–H and O–H groups in total. The van der Waals surface area contributed by atoms with Gasteiger partial charge in [0.05, 0.1) is 15.1 Å². The molecule has 1 aromatic carbocycles. The van der Waals surface area contributed by atoms with Gasteiger partial charge in [-0.1, -0.05) is 46.4 Å². The normalized spacial score (nSPS) is 10.4. The van der Waals surface area contributed by atoms with E-state index in [1.807, 2.05) is 6.92 Å². The van der Waals surface area contributed by atoms with Crippen LogP contribution in [-0.4, -0.2) is 10.9 Å². The number of aromatic nitrogens is 1. The molecule has 2 aromatic rings. The summed E-state index contributed by atoms with van der Waals surface area (Å²) in [5.74, 6) is -0.473. The third-order valence-corrected chi connectivity index (χ3v) is 4.04. The number of anilines is 1.